The minimum atomic E-state index is -0.952. The summed E-state index contributed by atoms with van der Waals surface area (Å²) in [7, 11) is 0. The molecule has 0 unspecified atom stereocenters. The molecule has 0 spiro atoms. The number of carbonyl (C=O) groups is 1. The van der Waals surface area contributed by atoms with E-state index in [4.69, 9.17) is 9.47 Å². The molecular formula is C25H25FN2O4. The Morgan fingerprint density at radius 1 is 1.03 bits per heavy atom. The lowest BCUT2D eigenvalue weighted by atomic mass is 10.1. The number of hydrogen-bond donors (Lipinski definition) is 2. The Kier molecular flexibility index (Phi) is 6.87. The zero-order valence-corrected chi connectivity index (χ0v) is 17.6. The van der Waals surface area contributed by atoms with Crippen LogP contribution in [0.4, 0.5) is 15.8 Å². The van der Waals surface area contributed by atoms with Gasteiger partial charge in [-0.3, -0.25) is 0 Å². The van der Waals surface area contributed by atoms with Gasteiger partial charge in [-0.1, -0.05) is 24.3 Å². The molecular weight excluding hydrogens is 411 g/mol. The topological polar surface area (TPSA) is 71.0 Å². The number of carboxylic acid groups (broad SMARTS) is 1. The van der Waals surface area contributed by atoms with Crippen LogP contribution in [0.2, 0.25) is 0 Å². The fourth-order valence-electron chi connectivity index (χ4n) is 3.59. The van der Waals surface area contributed by atoms with Crippen LogP contribution in [0.1, 0.15) is 21.5 Å². The lowest BCUT2D eigenvalue weighted by molar-refractivity contribution is 0.0696. The number of hydrogen-bond acceptors (Lipinski definition) is 5. The largest absolute Gasteiger partial charge is 0.489 e. The Bertz CT molecular complexity index is 1070. The van der Waals surface area contributed by atoms with Crippen molar-refractivity contribution in [1.82, 2.24) is 0 Å². The minimum Gasteiger partial charge on any atom is -0.489 e. The van der Waals surface area contributed by atoms with Crippen LogP contribution < -0.4 is 15.0 Å². The number of carboxylic acids is 1. The summed E-state index contributed by atoms with van der Waals surface area (Å²) in [5, 5.41) is 13.0. The third-order valence-corrected chi connectivity index (χ3v) is 5.29. The van der Waals surface area contributed by atoms with Crippen molar-refractivity contribution in [3.8, 4) is 5.75 Å². The van der Waals surface area contributed by atoms with E-state index >= 15 is 0 Å². The van der Waals surface area contributed by atoms with Crippen LogP contribution in [0.5, 0.6) is 5.75 Å². The first kappa shape index (κ1) is 21.6. The van der Waals surface area contributed by atoms with Crippen LogP contribution in [0, 0.1) is 5.82 Å². The molecule has 0 aliphatic carbocycles. The second kappa shape index (κ2) is 10.2. The Morgan fingerprint density at radius 3 is 2.56 bits per heavy atom. The van der Waals surface area contributed by atoms with Gasteiger partial charge in [0.2, 0.25) is 0 Å². The van der Waals surface area contributed by atoms with Crippen molar-refractivity contribution in [3.05, 3.63) is 89.2 Å². The van der Waals surface area contributed by atoms with Gasteiger partial charge in [-0.2, -0.15) is 0 Å². The van der Waals surface area contributed by atoms with Gasteiger partial charge in [-0.05, 0) is 53.6 Å². The first-order valence-electron chi connectivity index (χ1n) is 10.5. The molecule has 166 valence electrons. The van der Waals surface area contributed by atoms with E-state index in [0.29, 0.717) is 50.9 Å². The minimum absolute atomic E-state index is 0.272. The zero-order valence-electron chi connectivity index (χ0n) is 17.6. The number of anilines is 2. The summed E-state index contributed by atoms with van der Waals surface area (Å²) in [5.41, 5.74) is 3.60. The summed E-state index contributed by atoms with van der Waals surface area (Å²) in [6, 6.07) is 19.3. The van der Waals surface area contributed by atoms with E-state index in [0.717, 1.165) is 16.8 Å². The molecule has 2 N–H and O–H groups in total. The molecule has 3 aromatic rings. The third kappa shape index (κ3) is 5.56. The van der Waals surface area contributed by atoms with Gasteiger partial charge in [0, 0.05) is 25.3 Å². The van der Waals surface area contributed by atoms with Crippen LogP contribution in [-0.2, 0) is 17.9 Å². The first-order valence-corrected chi connectivity index (χ1v) is 10.5. The molecule has 32 heavy (non-hydrogen) atoms. The van der Waals surface area contributed by atoms with E-state index in [2.05, 4.69) is 5.32 Å². The zero-order chi connectivity index (χ0) is 22.3. The highest BCUT2D eigenvalue weighted by Gasteiger charge is 2.19. The Hall–Kier alpha value is -3.58. The molecule has 1 heterocycles. The highest BCUT2D eigenvalue weighted by Crippen LogP contribution is 2.26. The van der Waals surface area contributed by atoms with Crippen LogP contribution >= 0.6 is 0 Å². The van der Waals surface area contributed by atoms with E-state index < -0.39 is 5.97 Å². The number of nitrogens with one attached hydrogen (secondary N) is 1. The molecule has 0 bridgehead atoms. The van der Waals surface area contributed by atoms with Gasteiger partial charge in [-0.25, -0.2) is 9.18 Å². The van der Waals surface area contributed by atoms with Gasteiger partial charge < -0.3 is 24.8 Å². The van der Waals surface area contributed by atoms with E-state index in [9.17, 15) is 14.3 Å². The molecule has 7 heteroatoms. The maximum atomic E-state index is 13.0. The monoisotopic (exact) mass is 436 g/mol. The molecule has 1 fully saturated rings. The normalized spacial score (nSPS) is 13.6. The Morgan fingerprint density at radius 2 is 1.81 bits per heavy atom. The molecule has 0 radical (unpaired) electrons. The Balaban J connectivity index is 1.39. The van der Waals surface area contributed by atoms with Crippen molar-refractivity contribution >= 4 is 17.3 Å². The fraction of sp³-hybridized carbons (Fsp3) is 0.240. The maximum absolute atomic E-state index is 13.0. The molecule has 0 amide bonds. The molecule has 1 saturated heterocycles. The summed E-state index contributed by atoms with van der Waals surface area (Å²) in [4.78, 5) is 13.9. The number of halogens is 1. The van der Waals surface area contributed by atoms with Gasteiger partial charge >= 0.3 is 5.97 Å². The summed E-state index contributed by atoms with van der Waals surface area (Å²) in [6.07, 6.45) is 0. The van der Waals surface area contributed by atoms with E-state index in [-0.39, 0.29) is 11.4 Å². The van der Waals surface area contributed by atoms with Gasteiger partial charge in [-0.15, -0.1) is 0 Å². The second-order valence-corrected chi connectivity index (χ2v) is 7.55. The van der Waals surface area contributed by atoms with E-state index in [1.807, 2.05) is 41.3 Å². The van der Waals surface area contributed by atoms with Crippen LogP contribution in [0.3, 0.4) is 0 Å². The molecule has 0 aromatic heterocycles. The SMILES string of the molecule is O=C(O)c1cc(NCc2cccc(OCc3ccc(F)cc3)c2)ccc1N1CCOCC1. The fourth-order valence-corrected chi connectivity index (χ4v) is 3.59. The Labute approximate surface area is 186 Å². The van der Waals surface area contributed by atoms with Crippen molar-refractivity contribution in [2.24, 2.45) is 0 Å². The van der Waals surface area contributed by atoms with Crippen molar-refractivity contribution in [1.29, 1.82) is 0 Å². The number of aromatic carboxylic acids is 1. The summed E-state index contributed by atoms with van der Waals surface area (Å²) in [6.45, 7) is 3.42. The molecule has 3 aromatic carbocycles. The molecule has 1 aliphatic heterocycles. The van der Waals surface area contributed by atoms with Crippen molar-refractivity contribution in [3.63, 3.8) is 0 Å². The smallest absolute Gasteiger partial charge is 0.337 e. The van der Waals surface area contributed by atoms with Crippen LogP contribution in [-0.4, -0.2) is 37.4 Å². The number of nitrogens with zero attached hydrogens (tertiary/aromatic N) is 1. The lowest BCUT2D eigenvalue weighted by Gasteiger charge is -2.30. The quantitative estimate of drug-likeness (QED) is 0.540. The summed E-state index contributed by atoms with van der Waals surface area (Å²) >= 11 is 0. The maximum Gasteiger partial charge on any atom is 0.337 e. The van der Waals surface area contributed by atoms with Crippen LogP contribution in [0.15, 0.2) is 66.7 Å². The number of morpholine rings is 1. The summed E-state index contributed by atoms with van der Waals surface area (Å²) in [5.74, 6) is -0.514. The highest BCUT2D eigenvalue weighted by atomic mass is 19.1. The number of rotatable bonds is 8. The van der Waals surface area contributed by atoms with Gasteiger partial charge in [0.1, 0.15) is 18.2 Å². The average Bonchev–Trinajstić information content (AvgIpc) is 2.83. The van der Waals surface area contributed by atoms with Crippen molar-refractivity contribution in [2.45, 2.75) is 13.2 Å². The van der Waals surface area contributed by atoms with Crippen LogP contribution in [0.25, 0.3) is 0 Å². The first-order chi connectivity index (χ1) is 15.6. The lowest BCUT2D eigenvalue weighted by Crippen LogP contribution is -2.37. The van der Waals surface area contributed by atoms with Gasteiger partial charge in [0.25, 0.3) is 0 Å². The van der Waals surface area contributed by atoms with Gasteiger partial charge in [0.05, 0.1) is 24.5 Å². The molecule has 4 rings (SSSR count). The van der Waals surface area contributed by atoms with E-state index in [1.165, 1.54) is 12.1 Å². The van der Waals surface area contributed by atoms with E-state index in [1.54, 1.807) is 18.2 Å². The second-order valence-electron chi connectivity index (χ2n) is 7.55. The standard InChI is InChI=1S/C25H25FN2O4/c26-20-6-4-18(5-7-20)17-32-22-3-1-2-19(14-22)16-27-21-8-9-24(23(15-21)25(29)30)28-10-12-31-13-11-28/h1-9,14-15,27H,10-13,16-17H2,(H,29,30). The predicted octanol–water partition coefficient (Wildman–Crippen LogP) is 4.55. The summed E-state index contributed by atoms with van der Waals surface area (Å²) < 4.78 is 24.2. The third-order valence-electron chi connectivity index (χ3n) is 5.29. The molecule has 0 saturated carbocycles. The number of benzene rings is 3. The highest BCUT2D eigenvalue weighted by molar-refractivity contribution is 5.95. The van der Waals surface area contributed by atoms with Crippen molar-refractivity contribution < 1.29 is 23.8 Å². The molecule has 0 atom stereocenters. The molecule has 1 aliphatic rings. The average molecular weight is 436 g/mol. The number of ether oxygens (including phenoxy) is 2. The predicted molar refractivity (Wildman–Crippen MR) is 121 cm³/mol. The molecule has 6 nitrogen and oxygen atoms in total. The van der Waals surface area contributed by atoms with Crippen molar-refractivity contribution in [2.75, 3.05) is 36.5 Å². The van der Waals surface area contributed by atoms with Gasteiger partial charge in [0.15, 0.2) is 0 Å².